The van der Waals surface area contributed by atoms with Gasteiger partial charge in [0.25, 0.3) is 0 Å². The maximum absolute atomic E-state index is 12.6. The fraction of sp³-hybridized carbons (Fsp3) is 0.474. The first-order valence-corrected chi connectivity index (χ1v) is 8.70. The molecule has 2 N–H and O–H groups in total. The van der Waals surface area contributed by atoms with Crippen LogP contribution in [0.5, 0.6) is 0 Å². The van der Waals surface area contributed by atoms with Gasteiger partial charge in [-0.25, -0.2) is 4.79 Å². The minimum absolute atomic E-state index is 0.110. The Labute approximate surface area is 147 Å². The van der Waals surface area contributed by atoms with E-state index >= 15 is 0 Å². The number of esters is 1. The third kappa shape index (κ3) is 3.85. The Morgan fingerprint density at radius 2 is 2.20 bits per heavy atom. The Bertz CT molecular complexity index is 797. The number of hydrogen-bond donors (Lipinski definition) is 2. The van der Waals surface area contributed by atoms with E-state index in [9.17, 15) is 9.59 Å². The number of methoxy groups -OCH3 is 1. The first-order chi connectivity index (χ1) is 12.0. The van der Waals surface area contributed by atoms with Gasteiger partial charge in [-0.3, -0.25) is 9.69 Å². The molecule has 0 spiro atoms. The second kappa shape index (κ2) is 7.27. The molecule has 0 saturated carbocycles. The quantitative estimate of drug-likeness (QED) is 0.837. The highest BCUT2D eigenvalue weighted by atomic mass is 16.5. The molecule has 1 aromatic carbocycles. The van der Waals surface area contributed by atoms with E-state index in [1.165, 1.54) is 13.5 Å². The van der Waals surface area contributed by atoms with Crippen LogP contribution in [-0.4, -0.2) is 48.5 Å². The molecule has 0 radical (unpaired) electrons. The lowest BCUT2D eigenvalue weighted by Gasteiger charge is -2.30. The van der Waals surface area contributed by atoms with Crippen molar-refractivity contribution in [1.82, 2.24) is 9.88 Å². The van der Waals surface area contributed by atoms with Crippen LogP contribution in [0.3, 0.4) is 0 Å². The lowest BCUT2D eigenvalue weighted by Crippen LogP contribution is -2.39. The zero-order valence-corrected chi connectivity index (χ0v) is 15.0. The van der Waals surface area contributed by atoms with Gasteiger partial charge in [-0.05, 0) is 44.4 Å². The molecule has 3 rings (SSSR count). The maximum Gasteiger partial charge on any atom is 0.356 e. The molecule has 1 fully saturated rings. The van der Waals surface area contributed by atoms with Crippen LogP contribution in [0.2, 0.25) is 0 Å². The fourth-order valence-corrected chi connectivity index (χ4v) is 3.50. The molecule has 134 valence electrons. The number of likely N-dealkylation sites (tertiary alicyclic amines) is 1. The van der Waals surface area contributed by atoms with Gasteiger partial charge in [0.05, 0.1) is 19.3 Å². The Balaban J connectivity index is 1.84. The molecule has 6 heteroatoms. The van der Waals surface area contributed by atoms with Crippen LogP contribution in [0.15, 0.2) is 18.2 Å². The smallest absolute Gasteiger partial charge is 0.356 e. The monoisotopic (exact) mass is 343 g/mol. The van der Waals surface area contributed by atoms with Crippen LogP contribution >= 0.6 is 0 Å². The summed E-state index contributed by atoms with van der Waals surface area (Å²) in [4.78, 5) is 29.9. The minimum atomic E-state index is -0.490. The number of anilines is 1. The Kier molecular flexibility index (Phi) is 5.08. The molecule has 1 atom stereocenters. The lowest BCUT2D eigenvalue weighted by molar-refractivity contribution is -0.117. The molecule has 6 nitrogen and oxygen atoms in total. The Hall–Kier alpha value is -2.34. The van der Waals surface area contributed by atoms with Crippen molar-refractivity contribution in [1.29, 1.82) is 0 Å². The zero-order chi connectivity index (χ0) is 18.0. The Morgan fingerprint density at radius 3 is 2.92 bits per heavy atom. The van der Waals surface area contributed by atoms with Gasteiger partial charge in [-0.15, -0.1) is 0 Å². The van der Waals surface area contributed by atoms with Crippen molar-refractivity contribution in [2.24, 2.45) is 5.92 Å². The number of ether oxygens (including phenoxy) is 1. The number of H-pyrrole nitrogens is 1. The number of rotatable bonds is 4. The van der Waals surface area contributed by atoms with Gasteiger partial charge in [0, 0.05) is 17.4 Å². The van der Waals surface area contributed by atoms with Crippen LogP contribution in [-0.2, 0) is 9.53 Å². The molecule has 2 heterocycles. The summed E-state index contributed by atoms with van der Waals surface area (Å²) in [5.74, 6) is 0.0142. The molecular weight excluding hydrogens is 318 g/mol. The zero-order valence-electron chi connectivity index (χ0n) is 15.0. The summed E-state index contributed by atoms with van der Waals surface area (Å²) >= 11 is 0. The molecule has 1 saturated heterocycles. The minimum Gasteiger partial charge on any atom is -0.464 e. The average molecular weight is 343 g/mol. The molecule has 1 aliphatic rings. The standard InChI is InChI=1S/C19H25N3O3/c1-12-6-7-15-14(9-12)17(18(20-15)19(24)25-3)21-16(23)11-22-8-4-5-13(2)10-22/h6-7,9,13,20H,4-5,8,10-11H2,1-3H3,(H,21,23). The number of benzene rings is 1. The van der Waals surface area contributed by atoms with Gasteiger partial charge in [0.1, 0.15) is 5.69 Å². The maximum atomic E-state index is 12.6. The lowest BCUT2D eigenvalue weighted by atomic mass is 10.0. The van der Waals surface area contributed by atoms with Gasteiger partial charge in [0.15, 0.2) is 0 Å². The number of carbonyl (C=O) groups is 2. The van der Waals surface area contributed by atoms with Crippen LogP contribution in [0.1, 0.15) is 35.8 Å². The van der Waals surface area contributed by atoms with Crippen LogP contribution in [0, 0.1) is 12.8 Å². The second-order valence-electron chi connectivity index (χ2n) is 6.95. The van der Waals surface area contributed by atoms with Gasteiger partial charge >= 0.3 is 5.97 Å². The predicted octanol–water partition coefficient (Wildman–Crippen LogP) is 2.93. The number of hydrogen-bond acceptors (Lipinski definition) is 4. The molecule has 1 aliphatic heterocycles. The van der Waals surface area contributed by atoms with E-state index in [4.69, 9.17) is 4.74 Å². The molecule has 2 aromatic rings. The van der Waals surface area contributed by atoms with Crippen molar-refractivity contribution in [3.63, 3.8) is 0 Å². The van der Waals surface area contributed by atoms with E-state index in [0.29, 0.717) is 18.2 Å². The van der Waals surface area contributed by atoms with E-state index in [2.05, 4.69) is 22.1 Å². The third-order valence-electron chi connectivity index (χ3n) is 4.72. The van der Waals surface area contributed by atoms with Crippen molar-refractivity contribution in [2.45, 2.75) is 26.7 Å². The van der Waals surface area contributed by atoms with E-state index in [1.54, 1.807) is 0 Å². The summed E-state index contributed by atoms with van der Waals surface area (Å²) in [5, 5.41) is 3.75. The van der Waals surface area contributed by atoms with Gasteiger partial charge < -0.3 is 15.0 Å². The summed E-state index contributed by atoms with van der Waals surface area (Å²) in [6.45, 7) is 6.40. The number of aryl methyl sites for hydroxylation is 1. The molecule has 1 unspecified atom stereocenters. The first-order valence-electron chi connectivity index (χ1n) is 8.70. The number of carbonyl (C=O) groups excluding carboxylic acids is 2. The topological polar surface area (TPSA) is 74.4 Å². The number of aromatic amines is 1. The van der Waals surface area contributed by atoms with Crippen molar-refractivity contribution in [3.05, 3.63) is 29.5 Å². The summed E-state index contributed by atoms with van der Waals surface area (Å²) in [6.07, 6.45) is 2.33. The molecular formula is C19H25N3O3. The number of amides is 1. The SMILES string of the molecule is COC(=O)c1[nH]c2ccc(C)cc2c1NC(=O)CN1CCCC(C)C1. The van der Waals surface area contributed by atoms with Crippen molar-refractivity contribution < 1.29 is 14.3 Å². The number of nitrogens with zero attached hydrogens (tertiary/aromatic N) is 1. The summed E-state index contributed by atoms with van der Waals surface area (Å²) in [7, 11) is 1.33. The van der Waals surface area contributed by atoms with Crippen LogP contribution < -0.4 is 5.32 Å². The molecule has 1 aromatic heterocycles. The Morgan fingerprint density at radius 1 is 1.40 bits per heavy atom. The number of fused-ring (bicyclic) bond motifs is 1. The first kappa shape index (κ1) is 17.5. The van der Waals surface area contributed by atoms with E-state index < -0.39 is 5.97 Å². The highest BCUT2D eigenvalue weighted by molar-refractivity contribution is 6.11. The van der Waals surface area contributed by atoms with Crippen molar-refractivity contribution in [3.8, 4) is 0 Å². The third-order valence-corrected chi connectivity index (χ3v) is 4.72. The molecule has 0 aliphatic carbocycles. The van der Waals surface area contributed by atoms with E-state index in [-0.39, 0.29) is 11.6 Å². The fourth-order valence-electron chi connectivity index (χ4n) is 3.50. The summed E-state index contributed by atoms with van der Waals surface area (Å²) in [6, 6.07) is 5.82. The molecule has 25 heavy (non-hydrogen) atoms. The predicted molar refractivity (Wildman–Crippen MR) is 97.8 cm³/mol. The normalized spacial score (nSPS) is 18.3. The van der Waals surface area contributed by atoms with Crippen LogP contribution in [0.4, 0.5) is 5.69 Å². The highest BCUT2D eigenvalue weighted by Gasteiger charge is 2.23. The largest absolute Gasteiger partial charge is 0.464 e. The van der Waals surface area contributed by atoms with Gasteiger partial charge in [-0.2, -0.15) is 0 Å². The summed E-state index contributed by atoms with van der Waals surface area (Å²) in [5.41, 5.74) is 2.64. The average Bonchev–Trinajstić information content (AvgIpc) is 2.92. The van der Waals surface area contributed by atoms with Crippen molar-refractivity contribution in [2.75, 3.05) is 32.1 Å². The second-order valence-corrected chi connectivity index (χ2v) is 6.95. The van der Waals surface area contributed by atoms with Crippen LogP contribution in [0.25, 0.3) is 10.9 Å². The van der Waals surface area contributed by atoms with E-state index in [0.717, 1.165) is 36.0 Å². The number of nitrogens with one attached hydrogen (secondary N) is 2. The summed E-state index contributed by atoms with van der Waals surface area (Å²) < 4.78 is 4.85. The number of piperidine rings is 1. The van der Waals surface area contributed by atoms with Crippen molar-refractivity contribution >= 4 is 28.5 Å². The highest BCUT2D eigenvalue weighted by Crippen LogP contribution is 2.29. The van der Waals surface area contributed by atoms with Gasteiger partial charge in [0.2, 0.25) is 5.91 Å². The van der Waals surface area contributed by atoms with Gasteiger partial charge in [-0.1, -0.05) is 18.6 Å². The number of aromatic nitrogens is 1. The molecule has 1 amide bonds. The van der Waals surface area contributed by atoms with E-state index in [1.807, 2.05) is 25.1 Å². The molecule has 0 bridgehead atoms.